The Morgan fingerprint density at radius 3 is 3.29 bits per heavy atom. The number of hydrogen-bond acceptors (Lipinski definition) is 2. The van der Waals surface area contributed by atoms with E-state index in [0.29, 0.717) is 0 Å². The molecule has 0 atom stereocenters. The van der Waals surface area contributed by atoms with Crippen LogP contribution >= 0.6 is 21.6 Å². The van der Waals surface area contributed by atoms with E-state index in [9.17, 15) is 0 Å². The Bertz CT molecular complexity index is 25.7. The summed E-state index contributed by atoms with van der Waals surface area (Å²) in [6.45, 7) is 0. The second kappa shape index (κ2) is 3.67. The Hall–Kier alpha value is 0.700. The number of rotatable bonds is 0. The fourth-order valence-electron chi connectivity index (χ4n) is 0.525. The fourth-order valence-corrected chi connectivity index (χ4v) is 2.57. The zero-order chi connectivity index (χ0) is 4.95. The number of hydrogen-bond donors (Lipinski definition) is 0. The van der Waals surface area contributed by atoms with Crippen LogP contribution in [0.15, 0.2) is 0 Å². The topological polar surface area (TPSA) is 0 Å². The van der Waals surface area contributed by atoms with Gasteiger partial charge in [0.15, 0.2) is 0 Å². The minimum atomic E-state index is 1.25. The quantitative estimate of drug-likeness (QED) is 0.465. The standard InChI is InChI=1S/C5H9S2/c1-2-4-6-7-5-3-1/h2H,1,3-5H2. The van der Waals surface area contributed by atoms with Crippen LogP contribution in [-0.2, 0) is 0 Å². The molecule has 0 bridgehead atoms. The van der Waals surface area contributed by atoms with Crippen molar-refractivity contribution >= 4 is 21.6 Å². The van der Waals surface area contributed by atoms with E-state index in [-0.39, 0.29) is 0 Å². The van der Waals surface area contributed by atoms with Crippen LogP contribution in [0.3, 0.4) is 0 Å². The summed E-state index contributed by atoms with van der Waals surface area (Å²) in [7, 11) is 3.98. The van der Waals surface area contributed by atoms with Crippen molar-refractivity contribution in [1.29, 1.82) is 0 Å². The minimum absolute atomic E-state index is 1.25. The van der Waals surface area contributed by atoms with Crippen LogP contribution in [0, 0.1) is 6.42 Å². The first-order valence-electron chi connectivity index (χ1n) is 2.56. The van der Waals surface area contributed by atoms with Gasteiger partial charge in [0.25, 0.3) is 0 Å². The molecule has 41 valence electrons. The van der Waals surface area contributed by atoms with Gasteiger partial charge in [0.2, 0.25) is 0 Å². The van der Waals surface area contributed by atoms with Crippen molar-refractivity contribution < 1.29 is 0 Å². The van der Waals surface area contributed by atoms with Crippen molar-refractivity contribution in [1.82, 2.24) is 0 Å². The maximum absolute atomic E-state index is 2.37. The van der Waals surface area contributed by atoms with E-state index in [1.165, 1.54) is 24.3 Å². The van der Waals surface area contributed by atoms with Crippen molar-refractivity contribution in [3.8, 4) is 0 Å². The molecule has 0 aromatic heterocycles. The Morgan fingerprint density at radius 2 is 2.29 bits per heavy atom. The lowest BCUT2D eigenvalue weighted by molar-refractivity contribution is 0.921. The molecule has 2 heteroatoms. The zero-order valence-electron chi connectivity index (χ0n) is 4.22. The molecular weight excluding hydrogens is 124 g/mol. The average molecular weight is 133 g/mol. The molecule has 0 aromatic rings. The maximum atomic E-state index is 2.37. The summed E-state index contributed by atoms with van der Waals surface area (Å²) >= 11 is 0. The molecule has 0 nitrogen and oxygen atoms in total. The lowest BCUT2D eigenvalue weighted by atomic mass is 10.3. The first-order chi connectivity index (χ1) is 3.50. The van der Waals surface area contributed by atoms with Gasteiger partial charge in [-0.05, 0) is 19.3 Å². The highest BCUT2D eigenvalue weighted by Gasteiger charge is 1.96. The molecule has 1 radical (unpaired) electrons. The zero-order valence-corrected chi connectivity index (χ0v) is 5.86. The van der Waals surface area contributed by atoms with E-state index < -0.39 is 0 Å². The summed E-state index contributed by atoms with van der Waals surface area (Å²) in [6, 6.07) is 0. The highest BCUT2D eigenvalue weighted by atomic mass is 33.1. The Labute approximate surface area is 52.8 Å². The molecule has 1 heterocycles. The van der Waals surface area contributed by atoms with E-state index in [1.807, 2.05) is 21.6 Å². The van der Waals surface area contributed by atoms with Crippen LogP contribution in [-0.4, -0.2) is 11.5 Å². The molecule has 0 aromatic carbocycles. The van der Waals surface area contributed by atoms with Crippen molar-refractivity contribution in [2.75, 3.05) is 11.5 Å². The van der Waals surface area contributed by atoms with E-state index in [4.69, 9.17) is 0 Å². The molecule has 0 spiro atoms. The van der Waals surface area contributed by atoms with Crippen molar-refractivity contribution in [3.63, 3.8) is 0 Å². The SMILES string of the molecule is [CH]1CCCSSC1. The average Bonchev–Trinajstić information content (AvgIpc) is 1.90. The third-order valence-corrected chi connectivity index (χ3v) is 3.31. The van der Waals surface area contributed by atoms with Gasteiger partial charge >= 0.3 is 0 Å². The van der Waals surface area contributed by atoms with Gasteiger partial charge in [0.1, 0.15) is 0 Å². The largest absolute Gasteiger partial charge is 0.0941 e. The van der Waals surface area contributed by atoms with Crippen LogP contribution in [0.25, 0.3) is 0 Å². The van der Waals surface area contributed by atoms with Crippen LogP contribution in [0.5, 0.6) is 0 Å². The second-order valence-electron chi connectivity index (χ2n) is 1.54. The van der Waals surface area contributed by atoms with Crippen molar-refractivity contribution in [2.24, 2.45) is 0 Å². The fraction of sp³-hybridized carbons (Fsp3) is 0.800. The van der Waals surface area contributed by atoms with Gasteiger partial charge in [-0.15, -0.1) is 0 Å². The van der Waals surface area contributed by atoms with Gasteiger partial charge in [-0.25, -0.2) is 0 Å². The van der Waals surface area contributed by atoms with Gasteiger partial charge in [0, 0.05) is 11.5 Å². The molecular formula is C5H9S2. The van der Waals surface area contributed by atoms with Crippen LogP contribution in [0.4, 0.5) is 0 Å². The maximum Gasteiger partial charge on any atom is 0.00682 e. The van der Waals surface area contributed by atoms with Gasteiger partial charge in [-0.3, -0.25) is 0 Å². The third kappa shape index (κ3) is 2.50. The monoisotopic (exact) mass is 133 g/mol. The first-order valence-corrected chi connectivity index (χ1v) is 5.05. The first kappa shape index (κ1) is 5.83. The predicted octanol–water partition coefficient (Wildman–Crippen LogP) is 2.37. The predicted molar refractivity (Wildman–Crippen MR) is 38.5 cm³/mol. The molecule has 1 aliphatic heterocycles. The summed E-state index contributed by atoms with van der Waals surface area (Å²) in [4.78, 5) is 0. The van der Waals surface area contributed by atoms with E-state index in [2.05, 4.69) is 6.42 Å². The molecule has 1 aliphatic rings. The van der Waals surface area contributed by atoms with Crippen molar-refractivity contribution in [2.45, 2.75) is 12.8 Å². The van der Waals surface area contributed by atoms with Crippen LogP contribution in [0.2, 0.25) is 0 Å². The van der Waals surface area contributed by atoms with Gasteiger partial charge in [0.05, 0.1) is 0 Å². The van der Waals surface area contributed by atoms with E-state index in [0.717, 1.165) is 0 Å². The van der Waals surface area contributed by atoms with E-state index >= 15 is 0 Å². The summed E-state index contributed by atoms with van der Waals surface area (Å²) < 4.78 is 0. The third-order valence-electron chi connectivity index (χ3n) is 0.905. The molecule has 1 fully saturated rings. The minimum Gasteiger partial charge on any atom is -0.0941 e. The smallest absolute Gasteiger partial charge is 0.00682 e. The van der Waals surface area contributed by atoms with Gasteiger partial charge in [-0.2, -0.15) is 0 Å². The molecule has 0 amide bonds. The molecule has 0 aliphatic carbocycles. The van der Waals surface area contributed by atoms with Gasteiger partial charge in [-0.1, -0.05) is 21.6 Å². The summed E-state index contributed by atoms with van der Waals surface area (Å²) in [5.41, 5.74) is 0. The Morgan fingerprint density at radius 1 is 1.29 bits per heavy atom. The summed E-state index contributed by atoms with van der Waals surface area (Å²) in [5.74, 6) is 2.60. The van der Waals surface area contributed by atoms with Crippen LogP contribution < -0.4 is 0 Å². The molecule has 0 N–H and O–H groups in total. The molecule has 7 heavy (non-hydrogen) atoms. The summed E-state index contributed by atoms with van der Waals surface area (Å²) in [5, 5.41) is 0. The van der Waals surface area contributed by atoms with Crippen LogP contribution in [0.1, 0.15) is 12.8 Å². The molecule has 0 saturated carbocycles. The molecule has 0 unspecified atom stereocenters. The lowest BCUT2D eigenvalue weighted by Crippen LogP contribution is -1.75. The Kier molecular flexibility index (Phi) is 3.06. The highest BCUT2D eigenvalue weighted by molar-refractivity contribution is 8.76. The normalized spacial score (nSPS) is 24.0. The second-order valence-corrected chi connectivity index (χ2v) is 4.16. The molecule has 1 saturated heterocycles. The summed E-state index contributed by atoms with van der Waals surface area (Å²) in [6.07, 6.45) is 5.09. The molecule has 1 rings (SSSR count). The highest BCUT2D eigenvalue weighted by Crippen LogP contribution is 2.26. The lowest BCUT2D eigenvalue weighted by Gasteiger charge is -1.86. The van der Waals surface area contributed by atoms with Gasteiger partial charge < -0.3 is 0 Å². The van der Waals surface area contributed by atoms with Crippen molar-refractivity contribution in [3.05, 3.63) is 6.42 Å². The van der Waals surface area contributed by atoms with E-state index in [1.54, 1.807) is 0 Å². The Balaban J connectivity index is 2.04.